The van der Waals surface area contributed by atoms with E-state index in [0.717, 1.165) is 45.8 Å². The van der Waals surface area contributed by atoms with Gasteiger partial charge in [0.15, 0.2) is 0 Å². The van der Waals surface area contributed by atoms with Gasteiger partial charge in [0.2, 0.25) is 0 Å². The van der Waals surface area contributed by atoms with Gasteiger partial charge in [0.05, 0.1) is 18.1 Å². The topological polar surface area (TPSA) is 67.3 Å². The Kier molecular flexibility index (Phi) is 4.65. The third-order valence-corrected chi connectivity index (χ3v) is 5.21. The normalized spacial score (nSPS) is 15.4. The molecular formula is C19H21N3O2S. The summed E-state index contributed by atoms with van der Waals surface area (Å²) in [6.45, 7) is 0.694. The number of anilines is 1. The molecule has 25 heavy (non-hydrogen) atoms. The van der Waals surface area contributed by atoms with E-state index in [1.54, 1.807) is 18.4 Å². The molecule has 0 radical (unpaired) electrons. The summed E-state index contributed by atoms with van der Waals surface area (Å²) in [6, 6.07) is 10.3. The van der Waals surface area contributed by atoms with E-state index >= 15 is 0 Å². The Labute approximate surface area is 150 Å². The summed E-state index contributed by atoms with van der Waals surface area (Å²) in [6.07, 6.45) is 1.75. The van der Waals surface area contributed by atoms with Gasteiger partial charge in [-0.05, 0) is 18.4 Å². The first-order valence-electron chi connectivity index (χ1n) is 8.51. The summed E-state index contributed by atoms with van der Waals surface area (Å²) < 4.78 is 5.01. The van der Waals surface area contributed by atoms with Crippen molar-refractivity contribution in [2.24, 2.45) is 0 Å². The highest BCUT2D eigenvalue weighted by atomic mass is 32.1. The molecule has 6 heteroatoms. The number of hydrogen-bond acceptors (Lipinski definition) is 6. The summed E-state index contributed by atoms with van der Waals surface area (Å²) in [5.41, 5.74) is 2.28. The van der Waals surface area contributed by atoms with E-state index in [1.807, 2.05) is 18.2 Å². The lowest BCUT2D eigenvalue weighted by Crippen LogP contribution is -2.24. The predicted octanol–water partition coefficient (Wildman–Crippen LogP) is 3.65. The number of fused-ring (bicyclic) bond motifs is 1. The van der Waals surface area contributed by atoms with Gasteiger partial charge in [-0.2, -0.15) is 0 Å². The first-order valence-corrected chi connectivity index (χ1v) is 9.39. The van der Waals surface area contributed by atoms with E-state index < -0.39 is 6.10 Å². The molecule has 1 atom stereocenters. The predicted molar refractivity (Wildman–Crippen MR) is 101 cm³/mol. The lowest BCUT2D eigenvalue weighted by Gasteiger charge is -2.13. The van der Waals surface area contributed by atoms with E-state index in [-0.39, 0.29) is 0 Å². The molecule has 5 nitrogen and oxygen atoms in total. The molecule has 1 saturated carbocycles. The van der Waals surface area contributed by atoms with Gasteiger partial charge in [-0.15, -0.1) is 11.3 Å². The fraction of sp³-hybridized carbons (Fsp3) is 0.368. The largest absolute Gasteiger partial charge is 0.389 e. The Morgan fingerprint density at radius 1 is 1.28 bits per heavy atom. The Balaban J connectivity index is 1.75. The van der Waals surface area contributed by atoms with Gasteiger partial charge in [-0.25, -0.2) is 9.97 Å². The fourth-order valence-electron chi connectivity index (χ4n) is 2.91. The van der Waals surface area contributed by atoms with E-state index in [4.69, 9.17) is 14.7 Å². The highest BCUT2D eigenvalue weighted by Crippen LogP contribution is 2.42. The van der Waals surface area contributed by atoms with Crippen LogP contribution in [0.25, 0.3) is 21.3 Å². The minimum atomic E-state index is -0.571. The monoisotopic (exact) mass is 355 g/mol. The molecule has 2 aromatic heterocycles. The smallest absolute Gasteiger partial charge is 0.139 e. The van der Waals surface area contributed by atoms with Gasteiger partial charge in [0, 0.05) is 30.5 Å². The molecule has 0 bridgehead atoms. The van der Waals surface area contributed by atoms with Crippen LogP contribution in [0.2, 0.25) is 0 Å². The van der Waals surface area contributed by atoms with Crippen LogP contribution in [0.5, 0.6) is 0 Å². The van der Waals surface area contributed by atoms with Crippen molar-refractivity contribution in [3.05, 3.63) is 41.5 Å². The van der Waals surface area contributed by atoms with E-state index in [9.17, 15) is 5.11 Å². The lowest BCUT2D eigenvalue weighted by atomic mass is 10.1. The molecule has 4 rings (SSSR count). The maximum Gasteiger partial charge on any atom is 0.139 e. The summed E-state index contributed by atoms with van der Waals surface area (Å²) in [5, 5.41) is 16.5. The van der Waals surface area contributed by atoms with Crippen LogP contribution in [-0.2, 0) is 4.74 Å². The van der Waals surface area contributed by atoms with Gasteiger partial charge >= 0.3 is 0 Å². The standard InChI is InChI=1S/C19H21N3O2S/c1-24-10-14(23)9-20-18-16-15(12-5-3-2-4-6-12)11-25-19(16)22-17(21-18)13-7-8-13/h2-6,11,13-14,23H,7-10H2,1H3,(H,20,21,22). The zero-order valence-corrected chi connectivity index (χ0v) is 14.9. The van der Waals surface area contributed by atoms with Crippen LogP contribution in [0, 0.1) is 0 Å². The SMILES string of the molecule is COCC(O)CNc1nc(C2CC2)nc2scc(-c3ccccc3)c12. The number of aliphatic hydroxyl groups is 1. The van der Waals surface area contributed by atoms with Gasteiger partial charge in [0.25, 0.3) is 0 Å². The van der Waals surface area contributed by atoms with Crippen LogP contribution in [0.3, 0.4) is 0 Å². The molecule has 3 aromatic rings. The maximum absolute atomic E-state index is 9.98. The average Bonchev–Trinajstić information content (AvgIpc) is 3.40. The number of benzene rings is 1. The number of nitrogens with one attached hydrogen (secondary N) is 1. The van der Waals surface area contributed by atoms with Gasteiger partial charge in [-0.3, -0.25) is 0 Å². The molecule has 1 aromatic carbocycles. The molecule has 1 aliphatic rings. The Morgan fingerprint density at radius 2 is 2.08 bits per heavy atom. The second-order valence-electron chi connectivity index (χ2n) is 6.39. The van der Waals surface area contributed by atoms with Crippen LogP contribution in [0.1, 0.15) is 24.6 Å². The van der Waals surface area contributed by atoms with Crippen molar-refractivity contribution in [1.29, 1.82) is 0 Å². The Morgan fingerprint density at radius 3 is 2.80 bits per heavy atom. The molecule has 2 heterocycles. The number of thiophene rings is 1. The molecule has 130 valence electrons. The van der Waals surface area contributed by atoms with Crippen molar-refractivity contribution in [3.8, 4) is 11.1 Å². The third kappa shape index (κ3) is 3.51. The molecular weight excluding hydrogens is 334 g/mol. The molecule has 1 unspecified atom stereocenters. The first kappa shape index (κ1) is 16.4. The number of ether oxygens (including phenoxy) is 1. The number of methoxy groups -OCH3 is 1. The molecule has 2 N–H and O–H groups in total. The summed E-state index contributed by atoms with van der Waals surface area (Å²) >= 11 is 1.65. The van der Waals surface area contributed by atoms with Crippen LogP contribution >= 0.6 is 11.3 Å². The molecule has 1 fully saturated rings. The molecule has 0 spiro atoms. The summed E-state index contributed by atoms with van der Waals surface area (Å²) in [5.74, 6) is 2.20. The second-order valence-corrected chi connectivity index (χ2v) is 7.25. The minimum absolute atomic E-state index is 0.298. The number of rotatable bonds is 7. The van der Waals surface area contributed by atoms with Crippen molar-refractivity contribution in [3.63, 3.8) is 0 Å². The third-order valence-electron chi connectivity index (χ3n) is 4.34. The zero-order valence-electron chi connectivity index (χ0n) is 14.1. The van der Waals surface area contributed by atoms with Gasteiger partial charge < -0.3 is 15.2 Å². The van der Waals surface area contributed by atoms with Crippen molar-refractivity contribution in [2.45, 2.75) is 24.9 Å². The fourth-order valence-corrected chi connectivity index (χ4v) is 3.86. The molecule has 0 aliphatic heterocycles. The van der Waals surface area contributed by atoms with E-state index in [0.29, 0.717) is 19.1 Å². The quantitative estimate of drug-likeness (QED) is 0.677. The lowest BCUT2D eigenvalue weighted by molar-refractivity contribution is 0.0727. The number of aromatic nitrogens is 2. The maximum atomic E-state index is 9.98. The van der Waals surface area contributed by atoms with Crippen LogP contribution in [-0.4, -0.2) is 41.4 Å². The Hall–Kier alpha value is -2.02. The highest BCUT2D eigenvalue weighted by Gasteiger charge is 2.28. The van der Waals surface area contributed by atoms with Crippen LogP contribution in [0.4, 0.5) is 5.82 Å². The summed E-state index contributed by atoms with van der Waals surface area (Å²) in [7, 11) is 1.59. The van der Waals surface area contributed by atoms with Gasteiger partial charge in [-0.1, -0.05) is 30.3 Å². The number of nitrogens with zero attached hydrogens (tertiary/aromatic N) is 2. The van der Waals surface area contributed by atoms with Crippen LogP contribution in [0.15, 0.2) is 35.7 Å². The van der Waals surface area contributed by atoms with Crippen molar-refractivity contribution in [2.75, 3.05) is 25.6 Å². The average molecular weight is 355 g/mol. The number of aliphatic hydroxyl groups excluding tert-OH is 1. The van der Waals surface area contributed by atoms with Crippen molar-refractivity contribution < 1.29 is 9.84 Å². The second kappa shape index (κ2) is 7.07. The van der Waals surface area contributed by atoms with Crippen molar-refractivity contribution in [1.82, 2.24) is 9.97 Å². The van der Waals surface area contributed by atoms with Crippen molar-refractivity contribution >= 4 is 27.4 Å². The molecule has 0 amide bonds. The van der Waals surface area contributed by atoms with Gasteiger partial charge in [0.1, 0.15) is 16.5 Å². The molecule has 0 saturated heterocycles. The van der Waals surface area contributed by atoms with Crippen LogP contribution < -0.4 is 5.32 Å². The number of hydrogen-bond donors (Lipinski definition) is 2. The molecule has 1 aliphatic carbocycles. The van der Waals surface area contributed by atoms with E-state index in [2.05, 4.69) is 22.8 Å². The Bertz CT molecular complexity index is 862. The first-order chi connectivity index (χ1) is 12.3. The summed E-state index contributed by atoms with van der Waals surface area (Å²) in [4.78, 5) is 10.6. The van der Waals surface area contributed by atoms with E-state index in [1.165, 1.54) is 0 Å². The minimum Gasteiger partial charge on any atom is -0.389 e. The highest BCUT2D eigenvalue weighted by molar-refractivity contribution is 7.17. The zero-order chi connectivity index (χ0) is 17.2.